The molecule has 0 atom stereocenters. The normalized spacial score (nSPS) is 10.9. The van der Waals surface area contributed by atoms with Crippen LogP contribution in [0.2, 0.25) is 0 Å². The van der Waals surface area contributed by atoms with E-state index in [2.05, 4.69) is 4.99 Å². The lowest BCUT2D eigenvalue weighted by Gasteiger charge is -2.04. The van der Waals surface area contributed by atoms with Crippen molar-refractivity contribution in [1.82, 2.24) is 0 Å². The topological polar surface area (TPSA) is 51.0 Å². The second-order valence-electron chi connectivity index (χ2n) is 4.32. The van der Waals surface area contributed by atoms with Crippen molar-refractivity contribution in [3.63, 3.8) is 0 Å². The summed E-state index contributed by atoms with van der Waals surface area (Å²) in [5.74, 6) is 0.920. The minimum atomic E-state index is 0.182. The van der Waals surface area contributed by atoms with Gasteiger partial charge in [-0.3, -0.25) is 4.99 Å². The Balaban J connectivity index is 2.11. The average Bonchev–Trinajstić information content (AvgIpc) is 2.46. The van der Waals surface area contributed by atoms with Gasteiger partial charge < -0.3 is 14.6 Å². The molecule has 0 radical (unpaired) electrons. The number of phenols is 1. The number of ether oxygens (including phenoxy) is 2. The van der Waals surface area contributed by atoms with Crippen LogP contribution in [0.1, 0.15) is 11.1 Å². The highest BCUT2D eigenvalue weighted by atomic mass is 16.7. The Morgan fingerprint density at radius 2 is 1.90 bits per heavy atom. The van der Waals surface area contributed by atoms with Crippen LogP contribution < -0.4 is 4.74 Å². The second kappa shape index (κ2) is 6.73. The molecule has 0 heterocycles. The number of para-hydroxylation sites is 1. The van der Waals surface area contributed by atoms with Crippen LogP contribution in [0, 0.1) is 6.92 Å². The molecule has 0 aliphatic heterocycles. The number of nitrogens with zero attached hydrogens (tertiary/aromatic N) is 1. The Labute approximate surface area is 118 Å². The molecule has 104 valence electrons. The van der Waals surface area contributed by atoms with Crippen LogP contribution in [-0.2, 0) is 4.74 Å². The molecule has 4 heteroatoms. The molecule has 0 aromatic heterocycles. The molecule has 4 nitrogen and oxygen atoms in total. The first kappa shape index (κ1) is 14.1. The van der Waals surface area contributed by atoms with Gasteiger partial charge in [-0.2, -0.15) is 0 Å². The molecule has 0 saturated carbocycles. The van der Waals surface area contributed by atoms with Gasteiger partial charge in [0.05, 0.1) is 0 Å². The van der Waals surface area contributed by atoms with E-state index in [-0.39, 0.29) is 12.5 Å². The lowest BCUT2D eigenvalue weighted by atomic mass is 10.2. The summed E-state index contributed by atoms with van der Waals surface area (Å²) in [5.41, 5.74) is 2.45. The van der Waals surface area contributed by atoms with E-state index < -0.39 is 0 Å². The third kappa shape index (κ3) is 3.59. The van der Waals surface area contributed by atoms with Crippen molar-refractivity contribution < 1.29 is 14.6 Å². The molecule has 0 unspecified atom stereocenters. The smallest absolute Gasteiger partial charge is 0.188 e. The zero-order valence-electron chi connectivity index (χ0n) is 11.5. The number of hydrogen-bond donors (Lipinski definition) is 1. The zero-order valence-corrected chi connectivity index (χ0v) is 11.5. The predicted octanol–water partition coefficient (Wildman–Crippen LogP) is 3.43. The standard InChI is InChI=1S/C16H17NO3/c1-12-4-3-5-15(18)16(12)17-10-13-6-8-14(9-7-13)20-11-19-2/h3-10,18H,11H2,1-2H3. The van der Waals surface area contributed by atoms with E-state index in [1.165, 1.54) is 0 Å². The van der Waals surface area contributed by atoms with Crippen molar-refractivity contribution >= 4 is 11.9 Å². The molecular formula is C16H17NO3. The monoisotopic (exact) mass is 271 g/mol. The van der Waals surface area contributed by atoms with E-state index in [4.69, 9.17) is 9.47 Å². The summed E-state index contributed by atoms with van der Waals surface area (Å²) < 4.78 is 10.1. The van der Waals surface area contributed by atoms with Gasteiger partial charge in [0.25, 0.3) is 0 Å². The van der Waals surface area contributed by atoms with Crippen LogP contribution in [0.4, 0.5) is 5.69 Å². The van der Waals surface area contributed by atoms with Gasteiger partial charge >= 0.3 is 0 Å². The second-order valence-corrected chi connectivity index (χ2v) is 4.32. The van der Waals surface area contributed by atoms with Crippen LogP contribution in [-0.4, -0.2) is 25.2 Å². The number of aliphatic imine (C=N–C) groups is 1. The van der Waals surface area contributed by atoms with E-state index in [1.54, 1.807) is 25.5 Å². The van der Waals surface area contributed by atoms with E-state index in [1.807, 2.05) is 37.3 Å². The number of hydrogen-bond acceptors (Lipinski definition) is 4. The third-order valence-electron chi connectivity index (χ3n) is 2.78. The third-order valence-corrected chi connectivity index (χ3v) is 2.78. The Morgan fingerprint density at radius 1 is 1.15 bits per heavy atom. The number of methoxy groups -OCH3 is 1. The summed E-state index contributed by atoms with van der Waals surface area (Å²) in [6.07, 6.45) is 1.71. The van der Waals surface area contributed by atoms with Crippen LogP contribution >= 0.6 is 0 Å². The van der Waals surface area contributed by atoms with Gasteiger partial charge in [0.15, 0.2) is 6.79 Å². The zero-order chi connectivity index (χ0) is 14.4. The van der Waals surface area contributed by atoms with E-state index in [0.29, 0.717) is 5.69 Å². The SMILES string of the molecule is COCOc1ccc(C=Nc2c(C)cccc2O)cc1. The predicted molar refractivity (Wildman–Crippen MR) is 79.0 cm³/mol. The van der Waals surface area contributed by atoms with Crippen molar-refractivity contribution in [1.29, 1.82) is 0 Å². The molecule has 2 rings (SSSR count). The highest BCUT2D eigenvalue weighted by Crippen LogP contribution is 2.29. The maximum Gasteiger partial charge on any atom is 0.188 e. The van der Waals surface area contributed by atoms with Gasteiger partial charge in [0.1, 0.15) is 17.2 Å². The van der Waals surface area contributed by atoms with Gasteiger partial charge in [-0.25, -0.2) is 0 Å². The highest BCUT2D eigenvalue weighted by molar-refractivity contribution is 5.83. The van der Waals surface area contributed by atoms with E-state index in [0.717, 1.165) is 16.9 Å². The van der Waals surface area contributed by atoms with Gasteiger partial charge in [0.2, 0.25) is 0 Å². The first-order valence-electron chi connectivity index (χ1n) is 6.25. The molecule has 0 spiro atoms. The lowest BCUT2D eigenvalue weighted by molar-refractivity contribution is 0.0511. The summed E-state index contributed by atoms with van der Waals surface area (Å²) in [4.78, 5) is 4.33. The maximum absolute atomic E-state index is 9.76. The minimum absolute atomic E-state index is 0.182. The Bertz CT molecular complexity index is 571. The van der Waals surface area contributed by atoms with Crippen molar-refractivity contribution in [2.24, 2.45) is 4.99 Å². The Morgan fingerprint density at radius 3 is 2.55 bits per heavy atom. The highest BCUT2D eigenvalue weighted by Gasteiger charge is 2.01. The van der Waals surface area contributed by atoms with Gasteiger partial charge in [-0.1, -0.05) is 12.1 Å². The average molecular weight is 271 g/mol. The number of aryl methyl sites for hydroxylation is 1. The summed E-state index contributed by atoms with van der Waals surface area (Å²) >= 11 is 0. The Hall–Kier alpha value is -2.33. The maximum atomic E-state index is 9.76. The van der Waals surface area contributed by atoms with Crippen molar-refractivity contribution in [3.05, 3.63) is 53.6 Å². The lowest BCUT2D eigenvalue weighted by Crippen LogP contribution is -1.98. The molecule has 2 aromatic rings. The molecule has 0 aliphatic rings. The quantitative estimate of drug-likeness (QED) is 0.669. The fourth-order valence-corrected chi connectivity index (χ4v) is 1.73. The molecule has 0 fully saturated rings. The molecule has 1 N–H and O–H groups in total. The van der Waals surface area contributed by atoms with Crippen molar-refractivity contribution in [3.8, 4) is 11.5 Å². The molecule has 0 aliphatic carbocycles. The first-order valence-corrected chi connectivity index (χ1v) is 6.25. The fraction of sp³-hybridized carbons (Fsp3) is 0.188. The van der Waals surface area contributed by atoms with Crippen LogP contribution in [0.25, 0.3) is 0 Å². The minimum Gasteiger partial charge on any atom is -0.506 e. The summed E-state index contributed by atoms with van der Waals surface area (Å²) in [5, 5.41) is 9.76. The molecular weight excluding hydrogens is 254 g/mol. The van der Waals surface area contributed by atoms with Crippen molar-refractivity contribution in [2.45, 2.75) is 6.92 Å². The molecule has 2 aromatic carbocycles. The van der Waals surface area contributed by atoms with Crippen LogP contribution in [0.15, 0.2) is 47.5 Å². The van der Waals surface area contributed by atoms with Gasteiger partial charge in [-0.05, 0) is 48.4 Å². The van der Waals surface area contributed by atoms with Crippen LogP contribution in [0.5, 0.6) is 11.5 Å². The first-order chi connectivity index (χ1) is 9.70. The summed E-state index contributed by atoms with van der Waals surface area (Å²) in [6, 6.07) is 12.8. The van der Waals surface area contributed by atoms with Gasteiger partial charge in [-0.15, -0.1) is 0 Å². The molecule has 0 amide bonds. The summed E-state index contributed by atoms with van der Waals surface area (Å²) in [7, 11) is 1.58. The number of rotatable bonds is 5. The van der Waals surface area contributed by atoms with Crippen molar-refractivity contribution in [2.75, 3.05) is 13.9 Å². The number of aromatic hydroxyl groups is 1. The number of phenolic OH excluding ortho intramolecular Hbond substituents is 1. The Kier molecular flexibility index (Phi) is 4.74. The van der Waals surface area contributed by atoms with Crippen LogP contribution in [0.3, 0.4) is 0 Å². The van der Waals surface area contributed by atoms with E-state index >= 15 is 0 Å². The summed E-state index contributed by atoms with van der Waals surface area (Å²) in [6.45, 7) is 2.14. The molecule has 0 saturated heterocycles. The largest absolute Gasteiger partial charge is 0.506 e. The fourth-order valence-electron chi connectivity index (χ4n) is 1.73. The molecule has 20 heavy (non-hydrogen) atoms. The van der Waals surface area contributed by atoms with E-state index in [9.17, 15) is 5.11 Å². The number of benzene rings is 2. The molecule has 0 bridgehead atoms. The van der Waals surface area contributed by atoms with Gasteiger partial charge in [0, 0.05) is 13.3 Å².